The van der Waals surface area contributed by atoms with Gasteiger partial charge in [-0.1, -0.05) is 60.3 Å². The number of para-hydroxylation sites is 1. The van der Waals surface area contributed by atoms with Crippen molar-refractivity contribution >= 4 is 11.8 Å². The normalized spacial score (nSPS) is 10.7. The third-order valence-corrected chi connectivity index (χ3v) is 5.22. The zero-order valence-corrected chi connectivity index (χ0v) is 16.9. The van der Waals surface area contributed by atoms with E-state index in [1.165, 1.54) is 0 Å². The van der Waals surface area contributed by atoms with E-state index in [1.807, 2.05) is 84.9 Å². The van der Waals surface area contributed by atoms with Gasteiger partial charge >= 0.3 is 0 Å². The molecule has 6 heteroatoms. The summed E-state index contributed by atoms with van der Waals surface area (Å²) in [6, 6.07) is 27.8. The van der Waals surface area contributed by atoms with Crippen LogP contribution in [0.3, 0.4) is 0 Å². The highest BCUT2D eigenvalue weighted by Crippen LogP contribution is 2.28. The standard InChI is InChI=1S/C23H21N3O2S/c1-27-20-14-12-19(13-15-20)26-22(18-8-4-2-5-9-18)24-25-23(26)29-17-16-28-21-10-6-3-7-11-21/h2-15H,16-17H2,1H3. The lowest BCUT2D eigenvalue weighted by Crippen LogP contribution is -2.03. The topological polar surface area (TPSA) is 49.2 Å². The predicted octanol–water partition coefficient (Wildman–Crippen LogP) is 5.11. The number of thioether (sulfide) groups is 1. The zero-order chi connectivity index (χ0) is 19.9. The molecule has 4 aromatic rings. The largest absolute Gasteiger partial charge is 0.497 e. The summed E-state index contributed by atoms with van der Waals surface area (Å²) in [6.45, 7) is 0.588. The summed E-state index contributed by atoms with van der Waals surface area (Å²) >= 11 is 1.62. The summed E-state index contributed by atoms with van der Waals surface area (Å²) in [6.07, 6.45) is 0. The molecule has 0 N–H and O–H groups in total. The maximum atomic E-state index is 5.80. The van der Waals surface area contributed by atoms with Crippen LogP contribution in [0.15, 0.2) is 90.1 Å². The van der Waals surface area contributed by atoms with Gasteiger partial charge in [0.15, 0.2) is 11.0 Å². The number of benzene rings is 3. The first-order valence-corrected chi connectivity index (χ1v) is 10.3. The smallest absolute Gasteiger partial charge is 0.196 e. The highest BCUT2D eigenvalue weighted by atomic mass is 32.2. The molecule has 1 aromatic heterocycles. The molecule has 0 atom stereocenters. The Labute approximate surface area is 174 Å². The second kappa shape index (κ2) is 9.30. The van der Waals surface area contributed by atoms with Crippen LogP contribution in [-0.2, 0) is 0 Å². The van der Waals surface area contributed by atoms with Crippen molar-refractivity contribution in [3.63, 3.8) is 0 Å². The predicted molar refractivity (Wildman–Crippen MR) is 116 cm³/mol. The van der Waals surface area contributed by atoms with Crippen LogP contribution < -0.4 is 9.47 Å². The molecule has 0 amide bonds. The molecule has 0 fully saturated rings. The SMILES string of the molecule is COc1ccc(-n2c(SCCOc3ccccc3)nnc2-c2ccccc2)cc1. The summed E-state index contributed by atoms with van der Waals surface area (Å²) in [5, 5.41) is 9.73. The van der Waals surface area contributed by atoms with Crippen LogP contribution in [0.1, 0.15) is 0 Å². The highest BCUT2D eigenvalue weighted by molar-refractivity contribution is 7.99. The van der Waals surface area contributed by atoms with Gasteiger partial charge in [-0.25, -0.2) is 0 Å². The lowest BCUT2D eigenvalue weighted by molar-refractivity contribution is 0.344. The van der Waals surface area contributed by atoms with Crippen molar-refractivity contribution in [3.8, 4) is 28.6 Å². The van der Waals surface area contributed by atoms with Crippen molar-refractivity contribution in [2.24, 2.45) is 0 Å². The monoisotopic (exact) mass is 403 g/mol. The molecule has 0 aliphatic rings. The number of hydrogen-bond acceptors (Lipinski definition) is 5. The van der Waals surface area contributed by atoms with Gasteiger partial charge in [-0.05, 0) is 36.4 Å². The van der Waals surface area contributed by atoms with E-state index in [9.17, 15) is 0 Å². The van der Waals surface area contributed by atoms with Gasteiger partial charge in [0, 0.05) is 17.0 Å². The van der Waals surface area contributed by atoms with Crippen LogP contribution in [0.5, 0.6) is 11.5 Å². The molecule has 3 aromatic carbocycles. The van der Waals surface area contributed by atoms with Crippen molar-refractivity contribution in [1.29, 1.82) is 0 Å². The average molecular weight is 404 g/mol. The molecule has 0 bridgehead atoms. The van der Waals surface area contributed by atoms with Gasteiger partial charge in [0.25, 0.3) is 0 Å². The molecule has 29 heavy (non-hydrogen) atoms. The third kappa shape index (κ3) is 4.60. The van der Waals surface area contributed by atoms with Gasteiger partial charge in [0.1, 0.15) is 11.5 Å². The van der Waals surface area contributed by atoms with Crippen molar-refractivity contribution in [1.82, 2.24) is 14.8 Å². The summed E-state index contributed by atoms with van der Waals surface area (Å²) in [7, 11) is 1.66. The lowest BCUT2D eigenvalue weighted by Gasteiger charge is -2.11. The Hall–Kier alpha value is -3.25. The Morgan fingerprint density at radius 3 is 2.17 bits per heavy atom. The van der Waals surface area contributed by atoms with Gasteiger partial charge in [-0.3, -0.25) is 4.57 Å². The van der Waals surface area contributed by atoms with Gasteiger partial charge in [0.05, 0.1) is 13.7 Å². The van der Waals surface area contributed by atoms with Gasteiger partial charge < -0.3 is 9.47 Å². The minimum Gasteiger partial charge on any atom is -0.497 e. The summed E-state index contributed by atoms with van der Waals surface area (Å²) in [4.78, 5) is 0. The van der Waals surface area contributed by atoms with Crippen LogP contribution in [0.25, 0.3) is 17.1 Å². The summed E-state index contributed by atoms with van der Waals surface area (Å²) in [5.74, 6) is 3.25. The van der Waals surface area contributed by atoms with Crippen molar-refractivity contribution in [2.75, 3.05) is 19.5 Å². The molecule has 0 aliphatic carbocycles. The quantitative estimate of drug-likeness (QED) is 0.302. The Morgan fingerprint density at radius 1 is 0.793 bits per heavy atom. The molecule has 146 valence electrons. The second-order valence-electron chi connectivity index (χ2n) is 6.22. The van der Waals surface area contributed by atoms with Gasteiger partial charge in [0.2, 0.25) is 0 Å². The summed E-state index contributed by atoms with van der Waals surface area (Å²) < 4.78 is 13.2. The molecule has 4 rings (SSSR count). The Bertz CT molecular complexity index is 1030. The van der Waals surface area contributed by atoms with E-state index >= 15 is 0 Å². The molecule has 1 heterocycles. The Balaban J connectivity index is 1.57. The number of rotatable bonds is 8. The number of ether oxygens (including phenoxy) is 2. The van der Waals surface area contributed by atoms with Gasteiger partial charge in [-0.15, -0.1) is 10.2 Å². The van der Waals surface area contributed by atoms with Crippen molar-refractivity contribution in [2.45, 2.75) is 5.16 Å². The molecule has 0 aliphatic heterocycles. The van der Waals surface area contributed by atoms with E-state index in [0.717, 1.165) is 39.5 Å². The Morgan fingerprint density at radius 2 is 1.48 bits per heavy atom. The van der Waals surface area contributed by atoms with E-state index in [2.05, 4.69) is 14.8 Å². The maximum absolute atomic E-state index is 5.80. The minimum absolute atomic E-state index is 0.588. The zero-order valence-electron chi connectivity index (χ0n) is 16.1. The van der Waals surface area contributed by atoms with E-state index in [4.69, 9.17) is 9.47 Å². The molecule has 0 saturated carbocycles. The van der Waals surface area contributed by atoms with Crippen LogP contribution in [0.4, 0.5) is 0 Å². The Kier molecular flexibility index (Phi) is 6.12. The van der Waals surface area contributed by atoms with E-state index < -0.39 is 0 Å². The maximum Gasteiger partial charge on any atom is 0.196 e. The van der Waals surface area contributed by atoms with Crippen LogP contribution >= 0.6 is 11.8 Å². The molecule has 0 spiro atoms. The fraction of sp³-hybridized carbons (Fsp3) is 0.130. The number of aromatic nitrogens is 3. The van der Waals surface area contributed by atoms with Crippen LogP contribution in [-0.4, -0.2) is 34.2 Å². The third-order valence-electron chi connectivity index (χ3n) is 4.32. The number of hydrogen-bond donors (Lipinski definition) is 0. The average Bonchev–Trinajstić information content (AvgIpc) is 3.22. The van der Waals surface area contributed by atoms with Gasteiger partial charge in [-0.2, -0.15) is 0 Å². The second-order valence-corrected chi connectivity index (χ2v) is 7.28. The van der Waals surface area contributed by atoms with E-state index in [0.29, 0.717) is 6.61 Å². The van der Waals surface area contributed by atoms with E-state index in [-0.39, 0.29) is 0 Å². The lowest BCUT2D eigenvalue weighted by atomic mass is 10.2. The van der Waals surface area contributed by atoms with Crippen molar-refractivity contribution < 1.29 is 9.47 Å². The first-order chi connectivity index (χ1) is 14.3. The first kappa shape index (κ1) is 19.1. The van der Waals surface area contributed by atoms with Crippen LogP contribution in [0, 0.1) is 0 Å². The molecule has 0 saturated heterocycles. The molecular weight excluding hydrogens is 382 g/mol. The molecule has 0 radical (unpaired) electrons. The molecular formula is C23H21N3O2S. The number of methoxy groups -OCH3 is 1. The first-order valence-electron chi connectivity index (χ1n) is 9.31. The molecule has 5 nitrogen and oxygen atoms in total. The fourth-order valence-electron chi connectivity index (χ4n) is 2.91. The summed E-state index contributed by atoms with van der Waals surface area (Å²) in [5.41, 5.74) is 2.00. The molecule has 0 unspecified atom stereocenters. The number of nitrogens with zero attached hydrogens (tertiary/aromatic N) is 3. The highest BCUT2D eigenvalue weighted by Gasteiger charge is 2.16. The van der Waals surface area contributed by atoms with E-state index in [1.54, 1.807) is 18.9 Å². The van der Waals surface area contributed by atoms with Crippen LogP contribution in [0.2, 0.25) is 0 Å². The minimum atomic E-state index is 0.588. The van der Waals surface area contributed by atoms with Crippen molar-refractivity contribution in [3.05, 3.63) is 84.9 Å². The fourth-order valence-corrected chi connectivity index (χ4v) is 3.68.